The first-order chi connectivity index (χ1) is 8.43. The fraction of sp³-hybridized carbons (Fsp3) is 0.400. The van der Waals surface area contributed by atoms with E-state index in [0.717, 1.165) is 11.3 Å². The van der Waals surface area contributed by atoms with E-state index >= 15 is 0 Å². The topological polar surface area (TPSA) is 40.5 Å². The number of amides is 1. The Kier molecular flexibility index (Phi) is 4.95. The molecule has 0 aliphatic carbocycles. The molecule has 1 unspecified atom stereocenters. The Morgan fingerprint density at radius 1 is 1.44 bits per heavy atom. The van der Waals surface area contributed by atoms with Crippen molar-refractivity contribution in [2.45, 2.75) is 26.7 Å². The summed E-state index contributed by atoms with van der Waals surface area (Å²) in [6.07, 6.45) is 1.08. The molecule has 1 aromatic rings. The van der Waals surface area contributed by atoms with E-state index in [-0.39, 0.29) is 17.6 Å². The highest BCUT2D eigenvalue weighted by molar-refractivity contribution is 5.94. The minimum Gasteiger partial charge on any atom is -0.513 e. The van der Waals surface area contributed by atoms with Gasteiger partial charge < -0.3 is 10.0 Å². The van der Waals surface area contributed by atoms with Gasteiger partial charge in [0.2, 0.25) is 5.91 Å². The number of para-hydroxylation sites is 1. The van der Waals surface area contributed by atoms with E-state index in [1.807, 2.05) is 38.1 Å². The van der Waals surface area contributed by atoms with Gasteiger partial charge in [0.05, 0.1) is 5.76 Å². The Bertz CT molecular complexity index is 440. The molecule has 1 rings (SSSR count). The lowest BCUT2D eigenvalue weighted by Crippen LogP contribution is -2.32. The molecule has 1 atom stereocenters. The normalized spacial score (nSPS) is 11.9. The maximum absolute atomic E-state index is 12.2. The van der Waals surface area contributed by atoms with Crippen molar-refractivity contribution in [3.63, 3.8) is 0 Å². The quantitative estimate of drug-likeness (QED) is 0.810. The van der Waals surface area contributed by atoms with Gasteiger partial charge in [0, 0.05) is 25.1 Å². The maximum Gasteiger partial charge on any atom is 0.229 e. The van der Waals surface area contributed by atoms with Gasteiger partial charge >= 0.3 is 0 Å². The molecule has 0 bridgehead atoms. The van der Waals surface area contributed by atoms with Gasteiger partial charge in [-0.15, -0.1) is 0 Å². The molecule has 1 aromatic carbocycles. The van der Waals surface area contributed by atoms with Gasteiger partial charge in [0.15, 0.2) is 0 Å². The standard InChI is InChI=1S/C15H21NO2/c1-11-7-5-6-8-14(11)16(4)15(18)12(2)9-10-13(3)17/h5-8,12,17H,3,9-10H2,1-2,4H3. The number of nitrogens with zero attached hydrogens (tertiary/aromatic N) is 1. The van der Waals surface area contributed by atoms with Crippen LogP contribution in [0.2, 0.25) is 0 Å². The van der Waals surface area contributed by atoms with E-state index in [1.54, 1.807) is 11.9 Å². The van der Waals surface area contributed by atoms with Crippen molar-refractivity contribution in [3.8, 4) is 0 Å². The summed E-state index contributed by atoms with van der Waals surface area (Å²) in [6.45, 7) is 7.29. The lowest BCUT2D eigenvalue weighted by molar-refractivity contribution is -0.121. The van der Waals surface area contributed by atoms with Crippen LogP contribution in [0.3, 0.4) is 0 Å². The van der Waals surface area contributed by atoms with Crippen molar-refractivity contribution in [2.24, 2.45) is 5.92 Å². The zero-order chi connectivity index (χ0) is 13.7. The number of allylic oxidation sites excluding steroid dienone is 1. The first kappa shape index (κ1) is 14.3. The molecule has 1 N–H and O–H groups in total. The lowest BCUT2D eigenvalue weighted by atomic mass is 10.0. The molecule has 0 spiro atoms. The van der Waals surface area contributed by atoms with E-state index in [0.29, 0.717) is 12.8 Å². The molecule has 98 valence electrons. The Hall–Kier alpha value is -1.77. The first-order valence-corrected chi connectivity index (χ1v) is 6.13. The van der Waals surface area contributed by atoms with Crippen molar-refractivity contribution in [1.29, 1.82) is 0 Å². The van der Waals surface area contributed by atoms with Crippen LogP contribution >= 0.6 is 0 Å². The molecule has 0 saturated heterocycles. The van der Waals surface area contributed by atoms with Crippen LogP contribution in [-0.4, -0.2) is 18.1 Å². The molecular weight excluding hydrogens is 226 g/mol. The van der Waals surface area contributed by atoms with Gasteiger partial charge in [-0.2, -0.15) is 0 Å². The molecular formula is C15H21NO2. The van der Waals surface area contributed by atoms with Gasteiger partial charge in [-0.1, -0.05) is 31.7 Å². The summed E-state index contributed by atoms with van der Waals surface area (Å²) >= 11 is 0. The largest absolute Gasteiger partial charge is 0.513 e. The SMILES string of the molecule is C=C(O)CCC(C)C(=O)N(C)c1ccccc1C. The van der Waals surface area contributed by atoms with Crippen molar-refractivity contribution in [3.05, 3.63) is 42.2 Å². The second-order valence-electron chi connectivity index (χ2n) is 4.69. The molecule has 18 heavy (non-hydrogen) atoms. The lowest BCUT2D eigenvalue weighted by Gasteiger charge is -2.23. The Balaban J connectivity index is 2.72. The van der Waals surface area contributed by atoms with Gasteiger partial charge in [-0.3, -0.25) is 4.79 Å². The monoisotopic (exact) mass is 247 g/mol. The van der Waals surface area contributed by atoms with Crippen LogP contribution in [0.25, 0.3) is 0 Å². The van der Waals surface area contributed by atoms with Gasteiger partial charge in [0.25, 0.3) is 0 Å². The number of hydrogen-bond donors (Lipinski definition) is 1. The second kappa shape index (κ2) is 6.24. The van der Waals surface area contributed by atoms with Crippen LogP contribution < -0.4 is 4.90 Å². The summed E-state index contributed by atoms with van der Waals surface area (Å²) in [7, 11) is 1.79. The second-order valence-corrected chi connectivity index (χ2v) is 4.69. The zero-order valence-electron chi connectivity index (χ0n) is 11.3. The summed E-state index contributed by atoms with van der Waals surface area (Å²) in [5.41, 5.74) is 2.00. The number of carbonyl (C=O) groups is 1. The first-order valence-electron chi connectivity index (χ1n) is 6.13. The summed E-state index contributed by atoms with van der Waals surface area (Å²) in [5, 5.41) is 9.06. The molecule has 0 aliphatic heterocycles. The van der Waals surface area contributed by atoms with Crippen LogP contribution in [0.5, 0.6) is 0 Å². The smallest absolute Gasteiger partial charge is 0.229 e. The molecule has 1 amide bonds. The molecule has 3 heteroatoms. The molecule has 0 radical (unpaired) electrons. The Labute approximate surface area is 109 Å². The maximum atomic E-state index is 12.2. The predicted octanol–water partition coefficient (Wildman–Crippen LogP) is 3.45. The minimum absolute atomic E-state index is 0.0607. The average molecular weight is 247 g/mol. The molecule has 3 nitrogen and oxygen atoms in total. The number of anilines is 1. The van der Waals surface area contributed by atoms with Crippen molar-refractivity contribution in [1.82, 2.24) is 0 Å². The van der Waals surface area contributed by atoms with E-state index in [4.69, 9.17) is 5.11 Å². The van der Waals surface area contributed by atoms with Crippen molar-refractivity contribution < 1.29 is 9.90 Å². The highest BCUT2D eigenvalue weighted by Gasteiger charge is 2.19. The third-order valence-corrected chi connectivity index (χ3v) is 3.09. The van der Waals surface area contributed by atoms with Gasteiger partial charge in [0.1, 0.15) is 0 Å². The van der Waals surface area contributed by atoms with Crippen molar-refractivity contribution >= 4 is 11.6 Å². The highest BCUT2D eigenvalue weighted by Crippen LogP contribution is 2.21. The third-order valence-electron chi connectivity index (χ3n) is 3.09. The number of carbonyl (C=O) groups excluding carboxylic acids is 1. The number of hydrogen-bond acceptors (Lipinski definition) is 2. The fourth-order valence-electron chi connectivity index (χ4n) is 1.90. The van der Waals surface area contributed by atoms with E-state index in [1.165, 1.54) is 0 Å². The van der Waals surface area contributed by atoms with Crippen LogP contribution in [0.4, 0.5) is 5.69 Å². The summed E-state index contributed by atoms with van der Waals surface area (Å²) in [5.74, 6) is 0.0669. The van der Waals surface area contributed by atoms with E-state index < -0.39 is 0 Å². The number of rotatable bonds is 5. The number of aryl methyl sites for hydroxylation is 1. The third kappa shape index (κ3) is 3.62. The summed E-state index contributed by atoms with van der Waals surface area (Å²) in [6, 6.07) is 7.80. The number of benzene rings is 1. The minimum atomic E-state index is -0.126. The molecule has 0 saturated carbocycles. The average Bonchev–Trinajstić information content (AvgIpc) is 2.34. The molecule has 0 heterocycles. The Morgan fingerprint density at radius 2 is 2.06 bits per heavy atom. The van der Waals surface area contributed by atoms with Crippen LogP contribution in [0.1, 0.15) is 25.3 Å². The fourth-order valence-corrected chi connectivity index (χ4v) is 1.90. The molecule has 0 fully saturated rings. The van der Waals surface area contributed by atoms with Crippen LogP contribution in [0.15, 0.2) is 36.6 Å². The number of aliphatic hydroxyl groups excluding tert-OH is 1. The van der Waals surface area contributed by atoms with E-state index in [9.17, 15) is 4.79 Å². The van der Waals surface area contributed by atoms with E-state index in [2.05, 4.69) is 6.58 Å². The van der Waals surface area contributed by atoms with Gasteiger partial charge in [-0.05, 0) is 25.0 Å². The molecule has 0 aromatic heterocycles. The molecule has 0 aliphatic rings. The number of aliphatic hydroxyl groups is 1. The highest BCUT2D eigenvalue weighted by atomic mass is 16.3. The summed E-state index contributed by atoms with van der Waals surface area (Å²) in [4.78, 5) is 13.9. The van der Waals surface area contributed by atoms with Crippen molar-refractivity contribution in [2.75, 3.05) is 11.9 Å². The predicted molar refractivity (Wildman–Crippen MR) is 74.8 cm³/mol. The zero-order valence-corrected chi connectivity index (χ0v) is 11.3. The van der Waals surface area contributed by atoms with Gasteiger partial charge in [-0.25, -0.2) is 0 Å². The van der Waals surface area contributed by atoms with Crippen LogP contribution in [-0.2, 0) is 4.79 Å². The van der Waals surface area contributed by atoms with Crippen LogP contribution in [0, 0.1) is 12.8 Å². The Morgan fingerprint density at radius 3 is 2.61 bits per heavy atom. The summed E-state index contributed by atoms with van der Waals surface area (Å²) < 4.78 is 0.